The van der Waals surface area contributed by atoms with Crippen molar-refractivity contribution >= 4 is 33.2 Å². The molecule has 0 aliphatic heterocycles. The molecule has 20 heavy (non-hydrogen) atoms. The highest BCUT2D eigenvalue weighted by Crippen LogP contribution is 2.24. The monoisotopic (exact) mass is 335 g/mol. The fraction of sp³-hybridized carbons (Fsp3) is 0.143. The number of methoxy groups -OCH3 is 1. The number of halogens is 1. The van der Waals surface area contributed by atoms with Crippen LogP contribution >= 0.6 is 15.9 Å². The number of hydrogen-bond acceptors (Lipinski definition) is 4. The Morgan fingerprint density at radius 2 is 2.05 bits per heavy atom. The van der Waals surface area contributed by atoms with Crippen molar-refractivity contribution in [1.82, 2.24) is 4.98 Å². The van der Waals surface area contributed by atoms with Gasteiger partial charge in [0, 0.05) is 35.2 Å². The number of carbonyl (C=O) groups excluding carboxylic acids is 1. The van der Waals surface area contributed by atoms with E-state index in [1.165, 1.54) is 0 Å². The van der Waals surface area contributed by atoms with E-state index in [4.69, 9.17) is 4.74 Å². The second-order valence-electron chi connectivity index (χ2n) is 4.01. The van der Waals surface area contributed by atoms with Gasteiger partial charge in [-0.3, -0.25) is 9.78 Å². The first-order valence-corrected chi connectivity index (χ1v) is 6.71. The largest absolute Gasteiger partial charge is 0.497 e. The van der Waals surface area contributed by atoms with Crippen LogP contribution in [0.1, 0.15) is 10.5 Å². The van der Waals surface area contributed by atoms with E-state index in [1.54, 1.807) is 44.6 Å². The molecule has 0 aliphatic carbocycles. The number of nitrogens with one attached hydrogen (secondary N) is 2. The minimum absolute atomic E-state index is 0.276. The van der Waals surface area contributed by atoms with E-state index in [9.17, 15) is 4.79 Å². The molecule has 0 unspecified atom stereocenters. The molecule has 0 saturated heterocycles. The molecule has 0 spiro atoms. The zero-order chi connectivity index (χ0) is 14.5. The number of aromatic nitrogens is 1. The van der Waals surface area contributed by atoms with Crippen molar-refractivity contribution in [2.75, 3.05) is 24.8 Å². The average Bonchev–Trinajstić information content (AvgIpc) is 2.46. The van der Waals surface area contributed by atoms with Crippen molar-refractivity contribution in [2.24, 2.45) is 0 Å². The molecule has 0 radical (unpaired) electrons. The van der Waals surface area contributed by atoms with Crippen LogP contribution in [0.4, 0.5) is 11.4 Å². The summed E-state index contributed by atoms with van der Waals surface area (Å²) in [6.45, 7) is 0. The van der Waals surface area contributed by atoms with Crippen molar-refractivity contribution in [3.8, 4) is 5.75 Å². The summed E-state index contributed by atoms with van der Waals surface area (Å²) in [7, 11) is 3.36. The Bertz CT molecular complexity index is 632. The molecule has 104 valence electrons. The third-order valence-corrected chi connectivity index (χ3v) is 3.10. The molecular formula is C14H14BrN3O2. The summed E-state index contributed by atoms with van der Waals surface area (Å²) in [4.78, 5) is 16.2. The van der Waals surface area contributed by atoms with E-state index in [2.05, 4.69) is 31.5 Å². The van der Waals surface area contributed by atoms with Gasteiger partial charge < -0.3 is 15.4 Å². The van der Waals surface area contributed by atoms with E-state index in [-0.39, 0.29) is 5.91 Å². The molecule has 0 fully saturated rings. The van der Waals surface area contributed by atoms with E-state index in [0.29, 0.717) is 17.1 Å². The first-order chi connectivity index (χ1) is 9.62. The maximum Gasteiger partial charge on any atom is 0.274 e. The summed E-state index contributed by atoms with van der Waals surface area (Å²) in [6, 6.07) is 8.83. The van der Waals surface area contributed by atoms with Gasteiger partial charge >= 0.3 is 0 Å². The lowest BCUT2D eigenvalue weighted by Gasteiger charge is -2.08. The normalized spacial score (nSPS) is 9.95. The quantitative estimate of drug-likeness (QED) is 0.900. The molecule has 1 heterocycles. The highest BCUT2D eigenvalue weighted by Gasteiger charge is 2.09. The minimum atomic E-state index is -0.276. The molecule has 2 N–H and O–H groups in total. The fourth-order valence-corrected chi connectivity index (χ4v) is 2.13. The molecule has 6 heteroatoms. The van der Waals surface area contributed by atoms with Gasteiger partial charge in [-0.2, -0.15) is 0 Å². The lowest BCUT2D eigenvalue weighted by atomic mass is 10.2. The van der Waals surface area contributed by atoms with Gasteiger partial charge in [0.15, 0.2) is 0 Å². The smallest absolute Gasteiger partial charge is 0.274 e. The van der Waals surface area contributed by atoms with Crippen LogP contribution in [0.2, 0.25) is 0 Å². The Morgan fingerprint density at radius 1 is 1.25 bits per heavy atom. The van der Waals surface area contributed by atoms with Crippen molar-refractivity contribution in [3.05, 3.63) is 46.7 Å². The number of amides is 1. The number of benzene rings is 1. The van der Waals surface area contributed by atoms with Crippen LogP contribution in [0.25, 0.3) is 0 Å². The lowest BCUT2D eigenvalue weighted by Crippen LogP contribution is -2.14. The number of anilines is 2. The SMILES string of the molecule is CNc1ccnc(C(=O)Nc2cc(Br)cc(OC)c2)c1. The van der Waals surface area contributed by atoms with Gasteiger partial charge in [-0.15, -0.1) is 0 Å². The Kier molecular flexibility index (Phi) is 4.57. The maximum absolute atomic E-state index is 12.1. The Morgan fingerprint density at radius 3 is 2.75 bits per heavy atom. The van der Waals surface area contributed by atoms with Gasteiger partial charge in [0.25, 0.3) is 5.91 Å². The van der Waals surface area contributed by atoms with Crippen LogP contribution in [0.15, 0.2) is 41.0 Å². The summed E-state index contributed by atoms with van der Waals surface area (Å²) in [6.07, 6.45) is 1.59. The molecule has 5 nitrogen and oxygen atoms in total. The molecule has 0 aliphatic rings. The Balaban J connectivity index is 2.20. The standard InChI is InChI=1S/C14H14BrN3O2/c1-16-10-3-4-17-13(8-10)14(19)18-11-5-9(15)6-12(7-11)20-2/h3-8H,1-2H3,(H,16,17)(H,18,19). The number of hydrogen-bond donors (Lipinski definition) is 2. The summed E-state index contributed by atoms with van der Waals surface area (Å²) in [5.41, 5.74) is 1.81. The molecule has 1 amide bonds. The minimum Gasteiger partial charge on any atom is -0.497 e. The van der Waals surface area contributed by atoms with Crippen LogP contribution in [0.3, 0.4) is 0 Å². The predicted molar refractivity (Wildman–Crippen MR) is 82.4 cm³/mol. The molecule has 0 atom stereocenters. The van der Waals surface area contributed by atoms with Crippen LogP contribution in [-0.4, -0.2) is 25.0 Å². The predicted octanol–water partition coefficient (Wildman–Crippen LogP) is 3.15. The summed E-state index contributed by atoms with van der Waals surface area (Å²) < 4.78 is 5.98. The van der Waals surface area contributed by atoms with Crippen molar-refractivity contribution < 1.29 is 9.53 Å². The lowest BCUT2D eigenvalue weighted by molar-refractivity contribution is 0.102. The molecule has 0 saturated carbocycles. The Hall–Kier alpha value is -2.08. The number of nitrogens with zero attached hydrogens (tertiary/aromatic N) is 1. The van der Waals surface area contributed by atoms with Gasteiger partial charge in [0.2, 0.25) is 0 Å². The van der Waals surface area contributed by atoms with Crippen LogP contribution in [0.5, 0.6) is 5.75 Å². The number of carbonyl (C=O) groups is 1. The first-order valence-electron chi connectivity index (χ1n) is 5.92. The van der Waals surface area contributed by atoms with Crippen LogP contribution in [0, 0.1) is 0 Å². The van der Waals surface area contributed by atoms with E-state index < -0.39 is 0 Å². The summed E-state index contributed by atoms with van der Waals surface area (Å²) >= 11 is 3.37. The van der Waals surface area contributed by atoms with Crippen molar-refractivity contribution in [3.63, 3.8) is 0 Å². The van der Waals surface area contributed by atoms with E-state index in [0.717, 1.165) is 10.2 Å². The topological polar surface area (TPSA) is 63.2 Å². The first kappa shape index (κ1) is 14.3. The molecule has 1 aromatic carbocycles. The number of rotatable bonds is 4. The second-order valence-corrected chi connectivity index (χ2v) is 4.93. The van der Waals surface area contributed by atoms with E-state index in [1.807, 2.05) is 6.07 Å². The van der Waals surface area contributed by atoms with Crippen LogP contribution < -0.4 is 15.4 Å². The zero-order valence-corrected chi connectivity index (χ0v) is 12.7. The molecule has 2 aromatic rings. The highest BCUT2D eigenvalue weighted by molar-refractivity contribution is 9.10. The molecular weight excluding hydrogens is 322 g/mol. The van der Waals surface area contributed by atoms with Crippen LogP contribution in [-0.2, 0) is 0 Å². The van der Waals surface area contributed by atoms with E-state index >= 15 is 0 Å². The van der Waals surface area contributed by atoms with Gasteiger partial charge in [0.1, 0.15) is 11.4 Å². The summed E-state index contributed by atoms with van der Waals surface area (Å²) in [5.74, 6) is 0.383. The van der Waals surface area contributed by atoms with Crippen molar-refractivity contribution in [1.29, 1.82) is 0 Å². The number of ether oxygens (including phenoxy) is 1. The van der Waals surface area contributed by atoms with Gasteiger partial charge in [0.05, 0.1) is 7.11 Å². The fourth-order valence-electron chi connectivity index (χ4n) is 1.66. The number of pyridine rings is 1. The maximum atomic E-state index is 12.1. The average molecular weight is 336 g/mol. The zero-order valence-electron chi connectivity index (χ0n) is 11.1. The highest BCUT2D eigenvalue weighted by atomic mass is 79.9. The second kappa shape index (κ2) is 6.38. The molecule has 0 bridgehead atoms. The summed E-state index contributed by atoms with van der Waals surface area (Å²) in [5, 5.41) is 5.75. The Labute approximate surface area is 125 Å². The van der Waals surface area contributed by atoms with Gasteiger partial charge in [-0.1, -0.05) is 15.9 Å². The molecule has 1 aromatic heterocycles. The van der Waals surface area contributed by atoms with Gasteiger partial charge in [-0.05, 0) is 24.3 Å². The van der Waals surface area contributed by atoms with Crippen molar-refractivity contribution in [2.45, 2.75) is 0 Å². The molecule has 2 rings (SSSR count). The third kappa shape index (κ3) is 3.48. The van der Waals surface area contributed by atoms with Gasteiger partial charge in [-0.25, -0.2) is 0 Å². The third-order valence-electron chi connectivity index (χ3n) is 2.65.